The van der Waals surface area contributed by atoms with Crippen molar-refractivity contribution in [2.24, 2.45) is 4.99 Å². The molecule has 0 unspecified atom stereocenters. The molecule has 0 spiro atoms. The van der Waals surface area contributed by atoms with E-state index >= 15 is 0 Å². The minimum absolute atomic E-state index is 0.0416. The number of carbonyl (C=O) groups excluding carboxylic acids is 1. The number of halogens is 3. The molecule has 4 rings (SSSR count). The number of aliphatic hydroxyl groups excluding tert-OH is 1. The molecule has 1 aliphatic heterocycles. The molecule has 3 aromatic rings. The number of carbonyl (C=O) groups is 1. The van der Waals surface area contributed by atoms with Crippen LogP contribution < -0.4 is 15.6 Å². The van der Waals surface area contributed by atoms with E-state index in [1.54, 1.807) is 66.7 Å². The summed E-state index contributed by atoms with van der Waals surface area (Å²) in [6, 6.07) is 18.3. The third-order valence-electron chi connectivity index (χ3n) is 6.17. The highest BCUT2D eigenvalue weighted by Gasteiger charge is 2.53. The van der Waals surface area contributed by atoms with Crippen LogP contribution in [0.25, 0.3) is 0 Å². The van der Waals surface area contributed by atoms with Crippen molar-refractivity contribution in [2.45, 2.75) is 31.0 Å². The Hall–Kier alpha value is -3.43. The van der Waals surface area contributed by atoms with Gasteiger partial charge in [-0.2, -0.15) is 0 Å². The molecule has 0 bridgehead atoms. The van der Waals surface area contributed by atoms with Crippen LogP contribution in [0.2, 0.25) is 10.0 Å². The largest absolute Gasteiger partial charge is 0.494 e. The van der Waals surface area contributed by atoms with Gasteiger partial charge in [-0.1, -0.05) is 53.5 Å². The molecule has 0 aromatic heterocycles. The zero-order valence-electron chi connectivity index (χ0n) is 21.0. The van der Waals surface area contributed by atoms with Gasteiger partial charge < -0.3 is 14.6 Å². The maximum Gasteiger partial charge on any atom is 0.266 e. The van der Waals surface area contributed by atoms with Crippen LogP contribution in [0.15, 0.2) is 84.4 Å². The molecular weight excluding hydrogens is 544 g/mol. The van der Waals surface area contributed by atoms with E-state index < -0.39 is 17.6 Å². The molecule has 1 amide bonds. The Labute approximate surface area is 236 Å². The van der Waals surface area contributed by atoms with Crippen molar-refractivity contribution in [3.05, 3.63) is 112 Å². The molecule has 0 radical (unpaired) electrons. The molecule has 0 saturated carbocycles. The molecule has 2 atom stereocenters. The number of nitrogens with zero attached hydrogens (tertiary/aromatic N) is 1. The van der Waals surface area contributed by atoms with E-state index in [0.717, 1.165) is 0 Å². The van der Waals surface area contributed by atoms with Gasteiger partial charge >= 0.3 is 0 Å². The normalized spacial score (nSPS) is 18.3. The second-order valence-electron chi connectivity index (χ2n) is 8.85. The fourth-order valence-electron chi connectivity index (χ4n) is 4.20. The quantitative estimate of drug-likeness (QED) is 0.151. The number of nitrogens with one attached hydrogen (secondary N) is 2. The first-order valence-corrected chi connectivity index (χ1v) is 13.1. The number of hydrazine groups is 1. The van der Waals surface area contributed by atoms with Gasteiger partial charge in [0.2, 0.25) is 5.90 Å². The standard InChI is InChI=1S/C29H28Cl2FN3O4/c1-2-14-29(28(37)35-33-18-20-6-3-4-7-25(20)32)26(23-13-10-21(30)17-24(23)31)39-27(34-29)19-8-11-22(12-9-19)38-16-5-15-36/h2-4,6-13,17,26,33,36H,1,5,14-16,18H2,(H,35,37)/t26-,29-/m0/s1. The monoisotopic (exact) mass is 571 g/mol. The number of aliphatic imine (C=N–C) groups is 1. The van der Waals surface area contributed by atoms with Crippen LogP contribution >= 0.6 is 23.2 Å². The average molecular weight is 572 g/mol. The van der Waals surface area contributed by atoms with Crippen LogP contribution in [-0.4, -0.2) is 35.7 Å². The van der Waals surface area contributed by atoms with Crippen molar-refractivity contribution in [3.8, 4) is 5.75 Å². The van der Waals surface area contributed by atoms with E-state index in [1.807, 2.05) is 0 Å². The molecule has 3 aromatic carbocycles. The van der Waals surface area contributed by atoms with Gasteiger partial charge in [0.1, 0.15) is 11.6 Å². The number of amides is 1. The van der Waals surface area contributed by atoms with Gasteiger partial charge in [0.25, 0.3) is 5.91 Å². The highest BCUT2D eigenvalue weighted by molar-refractivity contribution is 6.35. The van der Waals surface area contributed by atoms with Crippen molar-refractivity contribution in [1.82, 2.24) is 10.9 Å². The Bertz CT molecular complexity index is 1350. The molecule has 3 N–H and O–H groups in total. The average Bonchev–Trinajstić information content (AvgIpc) is 3.31. The van der Waals surface area contributed by atoms with Crippen molar-refractivity contribution in [1.29, 1.82) is 0 Å². The van der Waals surface area contributed by atoms with E-state index in [0.29, 0.717) is 45.5 Å². The second kappa shape index (κ2) is 13.1. The number of benzene rings is 3. The number of aliphatic hydroxyl groups is 1. The molecule has 204 valence electrons. The maximum atomic E-state index is 14.1. The van der Waals surface area contributed by atoms with Crippen molar-refractivity contribution in [3.63, 3.8) is 0 Å². The lowest BCUT2D eigenvalue weighted by atomic mass is 9.84. The summed E-state index contributed by atoms with van der Waals surface area (Å²) < 4.78 is 26.0. The highest BCUT2D eigenvalue weighted by atomic mass is 35.5. The summed E-state index contributed by atoms with van der Waals surface area (Å²) in [5, 5.41) is 9.71. The first-order valence-electron chi connectivity index (χ1n) is 12.3. The van der Waals surface area contributed by atoms with E-state index in [4.69, 9.17) is 42.8 Å². The van der Waals surface area contributed by atoms with Crippen LogP contribution in [0.5, 0.6) is 5.75 Å². The van der Waals surface area contributed by atoms with Gasteiger partial charge in [-0.25, -0.2) is 14.8 Å². The number of ether oxygens (including phenoxy) is 2. The maximum absolute atomic E-state index is 14.1. The predicted molar refractivity (Wildman–Crippen MR) is 149 cm³/mol. The molecule has 0 saturated heterocycles. The van der Waals surface area contributed by atoms with Crippen LogP contribution in [0.4, 0.5) is 4.39 Å². The molecule has 39 heavy (non-hydrogen) atoms. The first kappa shape index (κ1) is 28.6. The van der Waals surface area contributed by atoms with E-state index in [9.17, 15) is 9.18 Å². The second-order valence-corrected chi connectivity index (χ2v) is 9.69. The van der Waals surface area contributed by atoms with Crippen LogP contribution in [0.1, 0.15) is 35.6 Å². The lowest BCUT2D eigenvalue weighted by Gasteiger charge is -2.30. The van der Waals surface area contributed by atoms with Crippen LogP contribution in [-0.2, 0) is 16.1 Å². The topological polar surface area (TPSA) is 92.2 Å². The zero-order chi connectivity index (χ0) is 27.8. The van der Waals surface area contributed by atoms with Gasteiger partial charge in [-0.05, 0) is 42.5 Å². The van der Waals surface area contributed by atoms with Gasteiger partial charge in [0.15, 0.2) is 11.6 Å². The van der Waals surface area contributed by atoms with Gasteiger partial charge in [-0.3, -0.25) is 10.2 Å². The summed E-state index contributed by atoms with van der Waals surface area (Å²) in [6.07, 6.45) is 1.31. The summed E-state index contributed by atoms with van der Waals surface area (Å²) in [5.41, 5.74) is 5.52. The third kappa shape index (κ3) is 6.59. The van der Waals surface area contributed by atoms with Crippen molar-refractivity contribution < 1.29 is 23.8 Å². The number of hydrogen-bond donors (Lipinski definition) is 3. The Morgan fingerprint density at radius 1 is 1.18 bits per heavy atom. The van der Waals surface area contributed by atoms with Crippen molar-refractivity contribution >= 4 is 35.0 Å². The smallest absolute Gasteiger partial charge is 0.266 e. The third-order valence-corrected chi connectivity index (χ3v) is 6.73. The van der Waals surface area contributed by atoms with Gasteiger partial charge in [0.05, 0.1) is 6.61 Å². The Morgan fingerprint density at radius 2 is 1.95 bits per heavy atom. The lowest BCUT2D eigenvalue weighted by Crippen LogP contribution is -2.52. The van der Waals surface area contributed by atoms with Crippen LogP contribution in [0, 0.1) is 5.82 Å². The fourth-order valence-corrected chi connectivity index (χ4v) is 4.70. The molecule has 0 fully saturated rings. The van der Waals surface area contributed by atoms with E-state index in [1.165, 1.54) is 6.07 Å². The summed E-state index contributed by atoms with van der Waals surface area (Å²) >= 11 is 12.7. The Kier molecular flexibility index (Phi) is 9.59. The summed E-state index contributed by atoms with van der Waals surface area (Å²) in [4.78, 5) is 18.5. The minimum Gasteiger partial charge on any atom is -0.494 e. The van der Waals surface area contributed by atoms with Gasteiger partial charge in [-0.15, -0.1) is 6.58 Å². The zero-order valence-corrected chi connectivity index (χ0v) is 22.5. The number of rotatable bonds is 12. The fraction of sp³-hybridized carbons (Fsp3) is 0.241. The highest BCUT2D eigenvalue weighted by Crippen LogP contribution is 2.45. The molecular formula is C29H28Cl2FN3O4. The molecule has 10 heteroatoms. The molecule has 7 nitrogen and oxygen atoms in total. The van der Waals surface area contributed by atoms with E-state index in [-0.39, 0.29) is 31.3 Å². The summed E-state index contributed by atoms with van der Waals surface area (Å²) in [6.45, 7) is 4.32. The van der Waals surface area contributed by atoms with Gasteiger partial charge in [0, 0.05) is 52.7 Å². The van der Waals surface area contributed by atoms with Crippen molar-refractivity contribution in [2.75, 3.05) is 13.2 Å². The molecule has 0 aliphatic carbocycles. The summed E-state index contributed by atoms with van der Waals surface area (Å²) in [7, 11) is 0. The molecule has 1 aliphatic rings. The summed E-state index contributed by atoms with van der Waals surface area (Å²) in [5.74, 6) is -0.0394. The minimum atomic E-state index is -1.48. The van der Waals surface area contributed by atoms with Crippen LogP contribution in [0.3, 0.4) is 0 Å². The Balaban J connectivity index is 1.65. The Morgan fingerprint density at radius 3 is 2.64 bits per heavy atom. The first-order chi connectivity index (χ1) is 18.9. The predicted octanol–water partition coefficient (Wildman–Crippen LogP) is 5.55. The number of hydrogen-bond acceptors (Lipinski definition) is 6. The SMILES string of the molecule is C=CC[C@]1(C(=O)NNCc2ccccc2F)N=C(c2ccc(OCCCO)cc2)O[C@H]1c1ccc(Cl)cc1Cl. The van der Waals surface area contributed by atoms with E-state index in [2.05, 4.69) is 17.4 Å². The lowest BCUT2D eigenvalue weighted by molar-refractivity contribution is -0.129. The molecule has 1 heterocycles.